The quantitative estimate of drug-likeness (QED) is 0.923. The number of amides is 3. The highest BCUT2D eigenvalue weighted by Crippen LogP contribution is 2.31. The van der Waals surface area contributed by atoms with Gasteiger partial charge >= 0.3 is 6.03 Å². The van der Waals surface area contributed by atoms with Crippen molar-refractivity contribution in [3.8, 4) is 0 Å². The molecule has 0 bridgehead atoms. The molecule has 1 aliphatic carbocycles. The molecule has 1 saturated heterocycles. The predicted molar refractivity (Wildman–Crippen MR) is 93.5 cm³/mol. The van der Waals surface area contributed by atoms with Crippen LogP contribution in [0.15, 0.2) is 24.3 Å². The minimum atomic E-state index is -0.0368. The Morgan fingerprint density at radius 3 is 2.46 bits per heavy atom. The lowest BCUT2D eigenvalue weighted by Gasteiger charge is -2.33. The number of nitrogens with one attached hydrogen (secondary N) is 1. The zero-order valence-corrected chi connectivity index (χ0v) is 14.6. The van der Waals surface area contributed by atoms with E-state index in [4.69, 9.17) is 0 Å². The molecule has 2 aliphatic rings. The van der Waals surface area contributed by atoms with Crippen molar-refractivity contribution in [1.29, 1.82) is 0 Å². The number of urea groups is 1. The lowest BCUT2D eigenvalue weighted by Crippen LogP contribution is -2.49. The molecule has 0 atom stereocenters. The lowest BCUT2D eigenvalue weighted by atomic mass is 10.0. The van der Waals surface area contributed by atoms with E-state index >= 15 is 0 Å². The second kappa shape index (κ2) is 7.24. The summed E-state index contributed by atoms with van der Waals surface area (Å²) in [5.41, 5.74) is 2.36. The van der Waals surface area contributed by atoms with E-state index in [1.165, 1.54) is 11.1 Å². The fraction of sp³-hybridized carbons (Fsp3) is 0.579. The van der Waals surface area contributed by atoms with E-state index in [1.54, 1.807) is 4.90 Å². The average molecular weight is 329 g/mol. The van der Waals surface area contributed by atoms with Crippen LogP contribution in [0.3, 0.4) is 0 Å². The van der Waals surface area contributed by atoms with E-state index < -0.39 is 0 Å². The van der Waals surface area contributed by atoms with Crippen LogP contribution < -0.4 is 5.32 Å². The molecule has 24 heavy (non-hydrogen) atoms. The Morgan fingerprint density at radius 1 is 1.17 bits per heavy atom. The largest absolute Gasteiger partial charge is 0.342 e. The van der Waals surface area contributed by atoms with Gasteiger partial charge in [-0.15, -0.1) is 0 Å². The number of rotatable bonds is 4. The van der Waals surface area contributed by atoms with Gasteiger partial charge in [-0.2, -0.15) is 0 Å². The number of benzene rings is 1. The second-order valence-electron chi connectivity index (χ2n) is 7.11. The summed E-state index contributed by atoms with van der Waals surface area (Å²) in [6.07, 6.45) is 3.81. The third kappa shape index (κ3) is 4.08. The lowest BCUT2D eigenvalue weighted by molar-refractivity contribution is -0.133. The van der Waals surface area contributed by atoms with Crippen molar-refractivity contribution in [3.05, 3.63) is 35.4 Å². The summed E-state index contributed by atoms with van der Waals surface area (Å²) in [6.45, 7) is 4.20. The number of hydrogen-bond donors (Lipinski definition) is 1. The number of nitrogens with zero attached hydrogens (tertiary/aromatic N) is 2. The number of carbonyl (C=O) groups excluding carboxylic acids is 2. The summed E-state index contributed by atoms with van der Waals surface area (Å²) in [6, 6.07) is 8.26. The molecule has 0 aromatic heterocycles. The van der Waals surface area contributed by atoms with Crippen LogP contribution in [-0.4, -0.2) is 47.9 Å². The smallest absolute Gasteiger partial charge is 0.317 e. The van der Waals surface area contributed by atoms with Gasteiger partial charge in [0.1, 0.15) is 0 Å². The maximum Gasteiger partial charge on any atom is 0.317 e. The molecule has 0 unspecified atom stereocenters. The molecule has 5 nitrogen and oxygen atoms in total. The topological polar surface area (TPSA) is 52.7 Å². The van der Waals surface area contributed by atoms with Crippen LogP contribution in [0.4, 0.5) is 4.79 Å². The van der Waals surface area contributed by atoms with Gasteiger partial charge in [0.05, 0.1) is 0 Å². The van der Waals surface area contributed by atoms with Gasteiger partial charge in [0.25, 0.3) is 0 Å². The van der Waals surface area contributed by atoms with E-state index in [0.717, 1.165) is 38.8 Å². The van der Waals surface area contributed by atoms with Gasteiger partial charge in [0.15, 0.2) is 0 Å². The Balaban J connectivity index is 1.45. The van der Waals surface area contributed by atoms with Crippen molar-refractivity contribution in [1.82, 2.24) is 15.1 Å². The normalized spacial score (nSPS) is 18.3. The van der Waals surface area contributed by atoms with Gasteiger partial charge < -0.3 is 15.1 Å². The zero-order chi connectivity index (χ0) is 17.1. The SMILES string of the molecule is Cc1ccccc1CN(C)C(=O)NC1CCN(C(=O)C2CC2)CC1. The molecule has 5 heteroatoms. The highest BCUT2D eigenvalue weighted by molar-refractivity contribution is 5.81. The molecule has 0 radical (unpaired) electrons. The van der Waals surface area contributed by atoms with Gasteiger partial charge in [0, 0.05) is 38.6 Å². The monoisotopic (exact) mass is 329 g/mol. The summed E-state index contributed by atoms with van der Waals surface area (Å²) in [5.74, 6) is 0.604. The summed E-state index contributed by atoms with van der Waals surface area (Å²) in [7, 11) is 1.83. The number of aryl methyl sites for hydroxylation is 1. The van der Waals surface area contributed by atoms with Crippen molar-refractivity contribution in [2.75, 3.05) is 20.1 Å². The Hall–Kier alpha value is -2.04. The Kier molecular flexibility index (Phi) is 5.07. The van der Waals surface area contributed by atoms with Crippen molar-refractivity contribution in [3.63, 3.8) is 0 Å². The van der Waals surface area contributed by atoms with E-state index in [9.17, 15) is 9.59 Å². The van der Waals surface area contributed by atoms with Crippen LogP contribution in [0.5, 0.6) is 0 Å². The third-order valence-electron chi connectivity index (χ3n) is 5.08. The molecule has 1 aromatic rings. The van der Waals surface area contributed by atoms with Crippen LogP contribution in [0.25, 0.3) is 0 Å². The van der Waals surface area contributed by atoms with E-state index in [1.807, 2.05) is 24.1 Å². The van der Waals surface area contributed by atoms with Crippen molar-refractivity contribution in [2.45, 2.75) is 45.2 Å². The fourth-order valence-corrected chi connectivity index (χ4v) is 3.23. The molecule has 2 fully saturated rings. The molecule has 3 amide bonds. The summed E-state index contributed by atoms with van der Waals surface area (Å²) in [5, 5.41) is 3.11. The highest BCUT2D eigenvalue weighted by Gasteiger charge is 2.35. The van der Waals surface area contributed by atoms with Gasteiger partial charge in [-0.25, -0.2) is 4.79 Å². The second-order valence-corrected chi connectivity index (χ2v) is 7.11. The standard InChI is InChI=1S/C19H27N3O2/c1-14-5-3-4-6-16(14)13-21(2)19(24)20-17-9-11-22(12-10-17)18(23)15-7-8-15/h3-6,15,17H,7-13H2,1-2H3,(H,20,24). The van der Waals surface area contributed by atoms with Gasteiger partial charge in [-0.05, 0) is 43.7 Å². The number of piperidine rings is 1. The molecule has 3 rings (SSSR count). The molecule has 1 heterocycles. The Morgan fingerprint density at radius 2 is 1.83 bits per heavy atom. The summed E-state index contributed by atoms with van der Waals surface area (Å²) >= 11 is 0. The first kappa shape index (κ1) is 16.8. The van der Waals surface area contributed by atoms with Gasteiger partial charge in [-0.3, -0.25) is 4.79 Å². The number of hydrogen-bond acceptors (Lipinski definition) is 2. The van der Waals surface area contributed by atoms with Crippen LogP contribution in [0, 0.1) is 12.8 Å². The van der Waals surface area contributed by atoms with Crippen molar-refractivity contribution in [2.24, 2.45) is 5.92 Å². The third-order valence-corrected chi connectivity index (χ3v) is 5.08. The van der Waals surface area contributed by atoms with Crippen LogP contribution in [0.2, 0.25) is 0 Å². The van der Waals surface area contributed by atoms with E-state index in [0.29, 0.717) is 12.5 Å². The van der Waals surface area contributed by atoms with Gasteiger partial charge in [0.2, 0.25) is 5.91 Å². The van der Waals surface area contributed by atoms with E-state index in [-0.39, 0.29) is 18.0 Å². The van der Waals surface area contributed by atoms with Crippen molar-refractivity contribution >= 4 is 11.9 Å². The predicted octanol–water partition coefficient (Wildman–Crippen LogP) is 2.54. The molecule has 1 N–H and O–H groups in total. The minimum Gasteiger partial charge on any atom is -0.342 e. The Labute approximate surface area is 144 Å². The van der Waals surface area contributed by atoms with Crippen LogP contribution in [-0.2, 0) is 11.3 Å². The molecular formula is C19H27N3O2. The number of carbonyl (C=O) groups is 2. The molecule has 1 aromatic carbocycles. The van der Waals surface area contributed by atoms with Crippen LogP contribution >= 0.6 is 0 Å². The molecule has 1 aliphatic heterocycles. The maximum absolute atomic E-state index is 12.4. The minimum absolute atomic E-state index is 0.0368. The molecule has 1 saturated carbocycles. The zero-order valence-electron chi connectivity index (χ0n) is 14.6. The molecular weight excluding hydrogens is 302 g/mol. The summed E-state index contributed by atoms with van der Waals surface area (Å²) < 4.78 is 0. The van der Waals surface area contributed by atoms with E-state index in [2.05, 4.69) is 24.4 Å². The summed E-state index contributed by atoms with van der Waals surface area (Å²) in [4.78, 5) is 28.2. The van der Waals surface area contributed by atoms with Crippen molar-refractivity contribution < 1.29 is 9.59 Å². The first-order valence-corrected chi connectivity index (χ1v) is 8.89. The first-order chi connectivity index (χ1) is 11.5. The van der Waals surface area contributed by atoms with Gasteiger partial charge in [-0.1, -0.05) is 24.3 Å². The van der Waals surface area contributed by atoms with Crippen LogP contribution in [0.1, 0.15) is 36.8 Å². The fourth-order valence-electron chi connectivity index (χ4n) is 3.23. The highest BCUT2D eigenvalue weighted by atomic mass is 16.2. The molecule has 0 spiro atoms. The maximum atomic E-state index is 12.4. The number of likely N-dealkylation sites (tertiary alicyclic amines) is 1. The molecule has 130 valence electrons. The first-order valence-electron chi connectivity index (χ1n) is 8.89. The Bertz CT molecular complexity index is 604. The average Bonchev–Trinajstić information content (AvgIpc) is 3.42.